The number of allylic oxidation sites excluding steroid dienone is 1. The second-order valence-electron chi connectivity index (χ2n) is 5.07. The Morgan fingerprint density at radius 1 is 1.09 bits per heavy atom. The molecule has 1 heterocycles. The van der Waals surface area contributed by atoms with Crippen LogP contribution < -0.4 is 0 Å². The summed E-state index contributed by atoms with van der Waals surface area (Å²) in [5.74, 6) is 0. The van der Waals surface area contributed by atoms with Gasteiger partial charge in [0.25, 0.3) is 0 Å². The predicted octanol–water partition coefficient (Wildman–Crippen LogP) is 4.11. The van der Waals surface area contributed by atoms with Crippen LogP contribution in [-0.2, 0) is 7.05 Å². The number of para-hydroxylation sites is 1. The predicted molar refractivity (Wildman–Crippen MR) is 87.6 cm³/mol. The van der Waals surface area contributed by atoms with Crippen LogP contribution in [0.4, 0.5) is 0 Å². The maximum Gasteiger partial charge on any atom is 0.0998 e. The standard InChI is InChI=1S/C19H13N3/c1-22-13-17(18-7-2-3-8-19(18)22)10-16(12-21)15-6-4-5-14(9-15)11-20/h2-10,13H,1H3/b16-10+. The Morgan fingerprint density at radius 3 is 2.68 bits per heavy atom. The third-order valence-corrected chi connectivity index (χ3v) is 3.65. The largest absolute Gasteiger partial charge is 0.350 e. The lowest BCUT2D eigenvalue weighted by atomic mass is 10.0. The molecule has 3 heteroatoms. The van der Waals surface area contributed by atoms with Crippen molar-refractivity contribution in [3.8, 4) is 12.1 Å². The van der Waals surface area contributed by atoms with Crippen LogP contribution in [0.2, 0.25) is 0 Å². The molecule has 3 aromatic rings. The number of benzene rings is 2. The summed E-state index contributed by atoms with van der Waals surface area (Å²) in [6.07, 6.45) is 3.88. The molecule has 1 aromatic heterocycles. The Morgan fingerprint density at radius 2 is 1.91 bits per heavy atom. The van der Waals surface area contributed by atoms with Crippen LogP contribution in [0.25, 0.3) is 22.6 Å². The number of aryl methyl sites for hydroxylation is 1. The summed E-state index contributed by atoms with van der Waals surface area (Å²) >= 11 is 0. The zero-order valence-corrected chi connectivity index (χ0v) is 12.1. The summed E-state index contributed by atoms with van der Waals surface area (Å²) in [4.78, 5) is 0. The maximum atomic E-state index is 9.48. The van der Waals surface area contributed by atoms with Crippen LogP contribution in [0.5, 0.6) is 0 Å². The molecule has 0 atom stereocenters. The van der Waals surface area contributed by atoms with Crippen LogP contribution >= 0.6 is 0 Å². The minimum atomic E-state index is 0.549. The normalized spacial score (nSPS) is 11.1. The van der Waals surface area contributed by atoms with Crippen LogP contribution in [0, 0.1) is 22.7 Å². The quantitative estimate of drug-likeness (QED) is 0.664. The molecule has 0 fully saturated rings. The van der Waals surface area contributed by atoms with E-state index in [0.717, 1.165) is 22.0 Å². The fraction of sp³-hybridized carbons (Fsp3) is 0.0526. The second kappa shape index (κ2) is 5.60. The topological polar surface area (TPSA) is 52.5 Å². The zero-order chi connectivity index (χ0) is 15.5. The number of aromatic nitrogens is 1. The van der Waals surface area contributed by atoms with Crippen molar-refractivity contribution >= 4 is 22.6 Å². The minimum Gasteiger partial charge on any atom is -0.350 e. The number of hydrogen-bond donors (Lipinski definition) is 0. The molecule has 0 saturated carbocycles. The highest BCUT2D eigenvalue weighted by atomic mass is 14.9. The molecule has 0 unspecified atom stereocenters. The van der Waals surface area contributed by atoms with Gasteiger partial charge in [0, 0.05) is 29.7 Å². The van der Waals surface area contributed by atoms with E-state index in [1.165, 1.54) is 0 Å². The minimum absolute atomic E-state index is 0.549. The van der Waals surface area contributed by atoms with E-state index in [9.17, 15) is 5.26 Å². The van der Waals surface area contributed by atoms with Gasteiger partial charge in [0.1, 0.15) is 0 Å². The van der Waals surface area contributed by atoms with Crippen molar-refractivity contribution in [2.24, 2.45) is 7.05 Å². The van der Waals surface area contributed by atoms with Crippen molar-refractivity contribution in [1.82, 2.24) is 4.57 Å². The van der Waals surface area contributed by atoms with Crippen molar-refractivity contribution in [2.75, 3.05) is 0 Å². The van der Waals surface area contributed by atoms with E-state index in [4.69, 9.17) is 5.26 Å². The third kappa shape index (κ3) is 2.37. The zero-order valence-electron chi connectivity index (χ0n) is 12.1. The van der Waals surface area contributed by atoms with Gasteiger partial charge in [-0.3, -0.25) is 0 Å². The van der Waals surface area contributed by atoms with Crippen LogP contribution in [0.1, 0.15) is 16.7 Å². The molecule has 0 radical (unpaired) electrons. The van der Waals surface area contributed by atoms with E-state index in [1.54, 1.807) is 18.2 Å². The van der Waals surface area contributed by atoms with E-state index < -0.39 is 0 Å². The first-order valence-electron chi connectivity index (χ1n) is 6.89. The SMILES string of the molecule is Cn1cc(/C=C(\C#N)c2cccc(C#N)c2)c2ccccc21. The number of nitriles is 2. The number of rotatable bonds is 2. The van der Waals surface area contributed by atoms with E-state index in [1.807, 2.05) is 48.2 Å². The molecule has 0 N–H and O–H groups in total. The first-order chi connectivity index (χ1) is 10.7. The van der Waals surface area contributed by atoms with Gasteiger partial charge in [-0.1, -0.05) is 30.3 Å². The highest BCUT2D eigenvalue weighted by molar-refractivity contribution is 5.98. The van der Waals surface area contributed by atoms with Gasteiger partial charge in [-0.2, -0.15) is 10.5 Å². The Bertz CT molecular complexity index is 962. The number of hydrogen-bond acceptors (Lipinski definition) is 2. The molecular formula is C19H13N3. The van der Waals surface area contributed by atoms with Gasteiger partial charge >= 0.3 is 0 Å². The lowest BCUT2D eigenvalue weighted by Gasteiger charge is -1.99. The van der Waals surface area contributed by atoms with Crippen LogP contribution in [0.15, 0.2) is 54.7 Å². The van der Waals surface area contributed by atoms with Crippen molar-refractivity contribution in [3.05, 3.63) is 71.4 Å². The molecule has 22 heavy (non-hydrogen) atoms. The highest BCUT2D eigenvalue weighted by Gasteiger charge is 2.07. The number of fused-ring (bicyclic) bond motifs is 1. The van der Waals surface area contributed by atoms with Crippen molar-refractivity contribution in [3.63, 3.8) is 0 Å². The number of nitrogens with zero attached hydrogens (tertiary/aromatic N) is 3. The average molecular weight is 283 g/mol. The van der Waals surface area contributed by atoms with Gasteiger partial charge in [-0.25, -0.2) is 0 Å². The molecule has 0 spiro atoms. The summed E-state index contributed by atoms with van der Waals surface area (Å²) < 4.78 is 2.04. The molecule has 104 valence electrons. The summed E-state index contributed by atoms with van der Waals surface area (Å²) in [5, 5.41) is 19.6. The molecule has 0 saturated heterocycles. The van der Waals surface area contributed by atoms with E-state index >= 15 is 0 Å². The summed E-state index contributed by atoms with van der Waals surface area (Å²) in [5.41, 5.74) is 3.98. The van der Waals surface area contributed by atoms with Gasteiger partial charge in [-0.05, 0) is 29.8 Å². The summed E-state index contributed by atoms with van der Waals surface area (Å²) in [7, 11) is 1.99. The van der Waals surface area contributed by atoms with E-state index in [2.05, 4.69) is 18.2 Å². The Kier molecular flexibility index (Phi) is 3.48. The molecule has 3 rings (SSSR count). The van der Waals surface area contributed by atoms with E-state index in [0.29, 0.717) is 11.1 Å². The molecule has 0 aliphatic carbocycles. The highest BCUT2D eigenvalue weighted by Crippen LogP contribution is 2.25. The lowest BCUT2D eigenvalue weighted by Crippen LogP contribution is -1.84. The molecule has 3 nitrogen and oxygen atoms in total. The van der Waals surface area contributed by atoms with Crippen molar-refractivity contribution in [2.45, 2.75) is 0 Å². The first-order valence-corrected chi connectivity index (χ1v) is 6.89. The molecule has 0 amide bonds. The smallest absolute Gasteiger partial charge is 0.0998 e. The fourth-order valence-corrected chi connectivity index (χ4v) is 2.58. The van der Waals surface area contributed by atoms with Crippen LogP contribution in [-0.4, -0.2) is 4.57 Å². The molecular weight excluding hydrogens is 270 g/mol. The van der Waals surface area contributed by atoms with Crippen LogP contribution in [0.3, 0.4) is 0 Å². The van der Waals surface area contributed by atoms with Gasteiger partial charge in [0.2, 0.25) is 0 Å². The average Bonchev–Trinajstić information content (AvgIpc) is 2.89. The summed E-state index contributed by atoms with van der Waals surface area (Å²) in [6.45, 7) is 0. The van der Waals surface area contributed by atoms with E-state index in [-0.39, 0.29) is 0 Å². The second-order valence-corrected chi connectivity index (χ2v) is 5.07. The Labute approximate surface area is 129 Å². The maximum absolute atomic E-state index is 9.48. The van der Waals surface area contributed by atoms with Gasteiger partial charge in [0.05, 0.1) is 23.3 Å². The van der Waals surface area contributed by atoms with Crippen molar-refractivity contribution in [1.29, 1.82) is 10.5 Å². The summed E-state index contributed by atoms with van der Waals surface area (Å²) in [6, 6.07) is 19.5. The Balaban J connectivity index is 2.16. The Hall–Kier alpha value is -3.30. The molecule has 0 bridgehead atoms. The monoisotopic (exact) mass is 283 g/mol. The van der Waals surface area contributed by atoms with Gasteiger partial charge < -0.3 is 4.57 Å². The third-order valence-electron chi connectivity index (χ3n) is 3.65. The molecule has 0 aliphatic rings. The van der Waals surface area contributed by atoms with Crippen molar-refractivity contribution < 1.29 is 0 Å². The first kappa shape index (κ1) is 13.7. The lowest BCUT2D eigenvalue weighted by molar-refractivity contribution is 0.968. The molecule has 0 aliphatic heterocycles. The van der Waals surface area contributed by atoms with Gasteiger partial charge in [-0.15, -0.1) is 0 Å². The molecule has 2 aromatic carbocycles. The van der Waals surface area contributed by atoms with Gasteiger partial charge in [0.15, 0.2) is 0 Å². The fourth-order valence-electron chi connectivity index (χ4n) is 2.58.